The average Bonchev–Trinajstić information content (AvgIpc) is 1.88. The van der Waals surface area contributed by atoms with Gasteiger partial charge in [0.2, 0.25) is 0 Å². The molecule has 0 saturated carbocycles. The van der Waals surface area contributed by atoms with E-state index < -0.39 is 18.6 Å². The lowest BCUT2D eigenvalue weighted by molar-refractivity contribution is -0.139. The highest BCUT2D eigenvalue weighted by atomic mass is 16.4. The summed E-state index contributed by atoms with van der Waals surface area (Å²) in [5.41, 5.74) is 4.77. The van der Waals surface area contributed by atoms with Crippen LogP contribution in [-0.2, 0) is 9.59 Å². The van der Waals surface area contributed by atoms with Gasteiger partial charge in [-0.1, -0.05) is 0 Å². The Morgan fingerprint density at radius 3 is 2.00 bits per heavy atom. The van der Waals surface area contributed by atoms with E-state index in [1.807, 2.05) is 0 Å². The summed E-state index contributed by atoms with van der Waals surface area (Å²) in [6, 6.07) is -1.13. The van der Waals surface area contributed by atoms with Gasteiger partial charge in [0.05, 0.1) is 6.61 Å². The zero-order valence-electron chi connectivity index (χ0n) is 5.10. The first-order chi connectivity index (χ1) is 4.59. The minimum Gasteiger partial charge on any atom is -0.483 e. The van der Waals surface area contributed by atoms with Crippen molar-refractivity contribution in [1.82, 2.24) is 0 Å². The highest BCUT2D eigenvalue weighted by molar-refractivity contribution is 5.73. The van der Waals surface area contributed by atoms with Crippen molar-refractivity contribution in [3.05, 3.63) is 0 Å². The molecule has 0 rings (SSSR count). The molecule has 0 aliphatic carbocycles. The first-order valence-electron chi connectivity index (χ1n) is 2.27. The first kappa shape index (κ1) is 11.6. The van der Waals surface area contributed by atoms with Gasteiger partial charge >= 0.3 is 5.97 Å². The maximum absolute atomic E-state index is 9.65. The summed E-state index contributed by atoms with van der Waals surface area (Å²) in [7, 11) is 0. The Kier molecular flexibility index (Phi) is 9.14. The molecule has 0 bridgehead atoms. The average molecular weight is 151 g/mol. The van der Waals surface area contributed by atoms with E-state index in [9.17, 15) is 4.79 Å². The maximum Gasteiger partial charge on any atom is 0.322 e. The molecular formula is C4H9NO5. The second-order valence-corrected chi connectivity index (χ2v) is 1.23. The predicted octanol–water partition coefficient (Wildman–Crippen LogP) is -1.91. The molecule has 0 aromatic heterocycles. The van der Waals surface area contributed by atoms with Gasteiger partial charge in [0.15, 0.2) is 0 Å². The summed E-state index contributed by atoms with van der Waals surface area (Å²) in [5.74, 6) is -1.18. The molecular weight excluding hydrogens is 142 g/mol. The van der Waals surface area contributed by atoms with Crippen LogP contribution in [0.4, 0.5) is 0 Å². The Morgan fingerprint density at radius 1 is 1.70 bits per heavy atom. The van der Waals surface area contributed by atoms with Gasteiger partial charge in [0, 0.05) is 0 Å². The minimum atomic E-state index is -1.18. The zero-order chi connectivity index (χ0) is 8.57. The lowest BCUT2D eigenvalue weighted by Crippen LogP contribution is -2.33. The van der Waals surface area contributed by atoms with Crippen LogP contribution < -0.4 is 5.73 Å². The van der Waals surface area contributed by atoms with E-state index in [4.69, 9.17) is 25.8 Å². The molecule has 6 nitrogen and oxygen atoms in total. The molecule has 0 unspecified atom stereocenters. The zero-order valence-corrected chi connectivity index (χ0v) is 5.10. The van der Waals surface area contributed by atoms with E-state index in [1.54, 1.807) is 0 Å². The Labute approximate surface area is 56.9 Å². The van der Waals surface area contributed by atoms with Crippen LogP contribution in [0.15, 0.2) is 0 Å². The van der Waals surface area contributed by atoms with E-state index in [0.717, 1.165) is 0 Å². The van der Waals surface area contributed by atoms with Gasteiger partial charge in [-0.25, -0.2) is 0 Å². The molecule has 5 N–H and O–H groups in total. The fourth-order valence-corrected chi connectivity index (χ4v) is 0.0781. The third-order valence-corrected chi connectivity index (χ3v) is 0.514. The van der Waals surface area contributed by atoms with Crippen LogP contribution in [0, 0.1) is 0 Å². The minimum absolute atomic E-state index is 0.250. The number of carboxylic acid groups (broad SMARTS) is 2. The lowest BCUT2D eigenvalue weighted by Gasteiger charge is -1.96. The normalized spacial score (nSPS) is 10.6. The van der Waals surface area contributed by atoms with Crippen molar-refractivity contribution in [2.24, 2.45) is 5.73 Å². The maximum atomic E-state index is 9.65. The number of aliphatic carboxylic acids is 1. The van der Waals surface area contributed by atoms with Crippen LogP contribution in [0.5, 0.6) is 0 Å². The molecule has 0 fully saturated rings. The van der Waals surface area contributed by atoms with Crippen molar-refractivity contribution >= 4 is 12.4 Å². The molecule has 0 saturated heterocycles. The van der Waals surface area contributed by atoms with Crippen molar-refractivity contribution < 1.29 is 24.9 Å². The van der Waals surface area contributed by atoms with Crippen molar-refractivity contribution in [2.75, 3.05) is 6.61 Å². The number of hydrogen-bond donors (Lipinski definition) is 4. The van der Waals surface area contributed by atoms with E-state index in [2.05, 4.69) is 0 Å². The first-order valence-corrected chi connectivity index (χ1v) is 2.27. The van der Waals surface area contributed by atoms with E-state index in [1.165, 1.54) is 0 Å². The molecule has 0 spiro atoms. The number of hydrogen-bond acceptors (Lipinski definition) is 4. The van der Waals surface area contributed by atoms with Crippen molar-refractivity contribution in [2.45, 2.75) is 6.04 Å². The number of nitrogens with two attached hydrogens (primary N) is 1. The molecule has 6 heteroatoms. The molecule has 0 aliphatic rings. The number of rotatable bonds is 2. The highest BCUT2D eigenvalue weighted by Crippen LogP contribution is 1.71. The Morgan fingerprint density at radius 2 is 2.00 bits per heavy atom. The van der Waals surface area contributed by atoms with E-state index in [-0.39, 0.29) is 6.47 Å². The lowest BCUT2D eigenvalue weighted by atomic mass is 10.3. The molecule has 0 aromatic carbocycles. The molecule has 0 radical (unpaired) electrons. The third kappa shape index (κ3) is 9.97. The monoisotopic (exact) mass is 151 g/mol. The SMILES string of the molecule is N[C@@H](CO)C(=O)O.O=CO. The second-order valence-electron chi connectivity index (χ2n) is 1.23. The fraction of sp³-hybridized carbons (Fsp3) is 0.500. The van der Waals surface area contributed by atoms with E-state index >= 15 is 0 Å². The summed E-state index contributed by atoms with van der Waals surface area (Å²) >= 11 is 0. The van der Waals surface area contributed by atoms with Crippen LogP contribution in [0.1, 0.15) is 0 Å². The topological polar surface area (TPSA) is 121 Å². The van der Waals surface area contributed by atoms with Gasteiger partial charge in [-0.15, -0.1) is 0 Å². The number of aliphatic hydroxyl groups excluding tert-OH is 1. The number of carbonyl (C=O) groups is 2. The molecule has 10 heavy (non-hydrogen) atoms. The van der Waals surface area contributed by atoms with Crippen molar-refractivity contribution in [3.63, 3.8) is 0 Å². The Balaban J connectivity index is 0. The smallest absolute Gasteiger partial charge is 0.322 e. The molecule has 0 amide bonds. The van der Waals surface area contributed by atoms with Gasteiger partial charge in [-0.05, 0) is 0 Å². The van der Waals surface area contributed by atoms with Crippen LogP contribution >= 0.6 is 0 Å². The molecule has 0 aliphatic heterocycles. The number of aliphatic hydroxyl groups is 1. The second kappa shape index (κ2) is 7.86. The van der Waals surface area contributed by atoms with Crippen LogP contribution in [0.2, 0.25) is 0 Å². The number of carboxylic acids is 1. The van der Waals surface area contributed by atoms with Crippen molar-refractivity contribution in [1.29, 1.82) is 0 Å². The van der Waals surface area contributed by atoms with Gasteiger partial charge in [0.25, 0.3) is 6.47 Å². The van der Waals surface area contributed by atoms with Crippen LogP contribution in [0.3, 0.4) is 0 Å². The summed E-state index contributed by atoms with van der Waals surface area (Å²) < 4.78 is 0. The Bertz CT molecular complexity index is 104. The largest absolute Gasteiger partial charge is 0.483 e. The van der Waals surface area contributed by atoms with Gasteiger partial charge in [0.1, 0.15) is 6.04 Å². The summed E-state index contributed by atoms with van der Waals surface area (Å²) in [6.07, 6.45) is 0. The summed E-state index contributed by atoms with van der Waals surface area (Å²) in [6.45, 7) is -0.755. The fourth-order valence-electron chi connectivity index (χ4n) is 0.0781. The molecule has 0 heterocycles. The Hall–Kier alpha value is -1.14. The molecule has 60 valence electrons. The quantitative estimate of drug-likeness (QED) is 0.342. The highest BCUT2D eigenvalue weighted by Gasteiger charge is 2.06. The van der Waals surface area contributed by atoms with Crippen LogP contribution in [-0.4, -0.2) is 40.4 Å². The molecule has 0 aromatic rings. The predicted molar refractivity (Wildman–Crippen MR) is 31.4 cm³/mol. The summed E-state index contributed by atoms with van der Waals surface area (Å²) in [5, 5.41) is 22.8. The van der Waals surface area contributed by atoms with Crippen molar-refractivity contribution in [3.8, 4) is 0 Å². The van der Waals surface area contributed by atoms with Gasteiger partial charge in [-0.3, -0.25) is 9.59 Å². The van der Waals surface area contributed by atoms with Crippen LogP contribution in [0.25, 0.3) is 0 Å². The van der Waals surface area contributed by atoms with Gasteiger partial charge in [-0.2, -0.15) is 0 Å². The van der Waals surface area contributed by atoms with Gasteiger partial charge < -0.3 is 21.1 Å². The third-order valence-electron chi connectivity index (χ3n) is 0.514. The van der Waals surface area contributed by atoms with E-state index in [0.29, 0.717) is 0 Å². The standard InChI is InChI=1S/C3H7NO3.CH2O2/c4-2(1-5)3(6)7;2-1-3/h2,5H,1,4H2,(H,6,7);1H,(H,2,3)/t2-;/m0./s1. The summed E-state index contributed by atoms with van der Waals surface area (Å²) in [4.78, 5) is 18.0. The molecule has 1 atom stereocenters.